The van der Waals surface area contributed by atoms with Crippen LogP contribution < -0.4 is 10.6 Å². The van der Waals surface area contributed by atoms with Crippen LogP contribution in [0.15, 0.2) is 82.3 Å². The number of hydrogen-bond donors (Lipinski definition) is 2. The fourth-order valence-electron chi connectivity index (χ4n) is 3.91. The molecule has 1 aliphatic rings. The molecule has 0 bridgehead atoms. The quantitative estimate of drug-likeness (QED) is 0.512. The number of nitrogens with one attached hydrogen (secondary N) is 2. The molecule has 1 fully saturated rings. The average Bonchev–Trinajstić information content (AvgIpc) is 3.40. The van der Waals surface area contributed by atoms with Crippen LogP contribution in [0.1, 0.15) is 35.4 Å². The first-order valence-corrected chi connectivity index (χ1v) is 12.7. The number of anilines is 1. The SMILES string of the molecule is O=C(N[C@H](Cc1ccccc1)C(=O)Nc1cccc(S(=O)(=O)N2CCCCC2)c1)c1ccco1. The lowest BCUT2D eigenvalue weighted by atomic mass is 10.0. The molecule has 1 aliphatic heterocycles. The number of rotatable bonds is 8. The summed E-state index contributed by atoms with van der Waals surface area (Å²) in [6.45, 7) is 0.994. The third-order valence-corrected chi connectivity index (χ3v) is 7.60. The van der Waals surface area contributed by atoms with Crippen LogP contribution in [0, 0.1) is 0 Å². The second kappa shape index (κ2) is 10.7. The van der Waals surface area contributed by atoms with E-state index in [-0.39, 0.29) is 17.1 Å². The average molecular weight is 482 g/mol. The highest BCUT2D eigenvalue weighted by atomic mass is 32.2. The van der Waals surface area contributed by atoms with Gasteiger partial charge in [-0.25, -0.2) is 8.42 Å². The van der Waals surface area contributed by atoms with Crippen molar-refractivity contribution in [2.75, 3.05) is 18.4 Å². The molecule has 0 unspecified atom stereocenters. The van der Waals surface area contributed by atoms with Crippen molar-refractivity contribution in [2.45, 2.75) is 36.6 Å². The zero-order chi connectivity index (χ0) is 24.0. The van der Waals surface area contributed by atoms with Crippen LogP contribution >= 0.6 is 0 Å². The molecule has 2 heterocycles. The standard InChI is InChI=1S/C25H27N3O5S/c29-24(22(17-19-9-3-1-4-10-19)27-25(30)23-13-8-16-33-23)26-20-11-7-12-21(18-20)34(31,32)28-14-5-2-6-15-28/h1,3-4,7-13,16,18,22H,2,5-6,14-15,17H2,(H,26,29)(H,27,30)/t22-/m1/s1. The zero-order valence-corrected chi connectivity index (χ0v) is 19.5. The third-order valence-electron chi connectivity index (χ3n) is 5.70. The minimum atomic E-state index is -3.64. The first-order valence-electron chi connectivity index (χ1n) is 11.2. The predicted octanol–water partition coefficient (Wildman–Crippen LogP) is 3.43. The Morgan fingerprint density at radius 3 is 2.41 bits per heavy atom. The van der Waals surface area contributed by atoms with Gasteiger partial charge in [0.15, 0.2) is 5.76 Å². The Kier molecular flexibility index (Phi) is 7.44. The fourth-order valence-corrected chi connectivity index (χ4v) is 5.48. The molecule has 0 aliphatic carbocycles. The van der Waals surface area contributed by atoms with E-state index in [0.29, 0.717) is 18.8 Å². The van der Waals surface area contributed by atoms with Gasteiger partial charge in [0.2, 0.25) is 15.9 Å². The van der Waals surface area contributed by atoms with Gasteiger partial charge in [-0.2, -0.15) is 4.31 Å². The Balaban J connectivity index is 1.52. The number of hydrogen-bond acceptors (Lipinski definition) is 5. The van der Waals surface area contributed by atoms with Crippen molar-refractivity contribution < 1.29 is 22.4 Å². The smallest absolute Gasteiger partial charge is 0.287 e. The van der Waals surface area contributed by atoms with Crippen molar-refractivity contribution in [3.63, 3.8) is 0 Å². The summed E-state index contributed by atoms with van der Waals surface area (Å²) in [6, 6.07) is 17.7. The van der Waals surface area contributed by atoms with Gasteiger partial charge in [0, 0.05) is 25.2 Å². The van der Waals surface area contributed by atoms with Crippen LogP contribution in [0.4, 0.5) is 5.69 Å². The summed E-state index contributed by atoms with van der Waals surface area (Å²) >= 11 is 0. The van der Waals surface area contributed by atoms with Gasteiger partial charge < -0.3 is 15.1 Å². The number of carbonyl (C=O) groups is 2. The third kappa shape index (κ3) is 5.73. The van der Waals surface area contributed by atoms with E-state index in [4.69, 9.17) is 4.42 Å². The Hall–Kier alpha value is -3.43. The topological polar surface area (TPSA) is 109 Å². The monoisotopic (exact) mass is 481 g/mol. The van der Waals surface area contributed by atoms with Gasteiger partial charge in [-0.05, 0) is 48.7 Å². The van der Waals surface area contributed by atoms with E-state index in [2.05, 4.69) is 10.6 Å². The minimum Gasteiger partial charge on any atom is -0.459 e. The number of piperidine rings is 1. The maximum absolute atomic E-state index is 13.2. The van der Waals surface area contributed by atoms with Crippen molar-refractivity contribution in [3.8, 4) is 0 Å². The number of furan rings is 1. The molecule has 3 aromatic rings. The Labute approximate surface area is 199 Å². The van der Waals surface area contributed by atoms with Crippen LogP contribution in [-0.4, -0.2) is 43.7 Å². The molecule has 4 rings (SSSR count). The van der Waals surface area contributed by atoms with Crippen molar-refractivity contribution >= 4 is 27.5 Å². The first-order chi connectivity index (χ1) is 16.4. The Bertz CT molecular complexity index is 1220. The van der Waals surface area contributed by atoms with Gasteiger partial charge in [0.25, 0.3) is 5.91 Å². The van der Waals surface area contributed by atoms with Gasteiger partial charge in [-0.3, -0.25) is 9.59 Å². The van der Waals surface area contributed by atoms with E-state index in [0.717, 1.165) is 24.8 Å². The van der Waals surface area contributed by atoms with Gasteiger partial charge in [0.1, 0.15) is 6.04 Å². The Morgan fingerprint density at radius 1 is 0.941 bits per heavy atom. The normalized spacial score (nSPS) is 15.4. The molecule has 0 spiro atoms. The molecule has 9 heteroatoms. The molecule has 2 amide bonds. The first kappa shape index (κ1) is 23.7. The Morgan fingerprint density at radius 2 is 1.71 bits per heavy atom. The van der Waals surface area contributed by atoms with Gasteiger partial charge in [-0.15, -0.1) is 0 Å². The maximum atomic E-state index is 13.2. The fraction of sp³-hybridized carbons (Fsp3) is 0.280. The van der Waals surface area contributed by atoms with Crippen molar-refractivity contribution in [2.24, 2.45) is 0 Å². The van der Waals surface area contributed by atoms with Crippen LogP contribution in [0.5, 0.6) is 0 Å². The lowest BCUT2D eigenvalue weighted by Crippen LogP contribution is -2.45. The van der Waals surface area contributed by atoms with E-state index >= 15 is 0 Å². The second-order valence-electron chi connectivity index (χ2n) is 8.17. The van der Waals surface area contributed by atoms with Crippen LogP contribution in [0.25, 0.3) is 0 Å². The summed E-state index contributed by atoms with van der Waals surface area (Å²) in [5.41, 5.74) is 1.21. The van der Waals surface area contributed by atoms with Crippen LogP contribution in [-0.2, 0) is 21.2 Å². The second-order valence-corrected chi connectivity index (χ2v) is 10.1. The molecule has 34 heavy (non-hydrogen) atoms. The molecule has 8 nitrogen and oxygen atoms in total. The largest absolute Gasteiger partial charge is 0.459 e. The molecule has 0 radical (unpaired) electrons. The van der Waals surface area contributed by atoms with Crippen molar-refractivity contribution in [1.29, 1.82) is 0 Å². The number of carbonyl (C=O) groups excluding carboxylic acids is 2. The number of benzene rings is 2. The summed E-state index contributed by atoms with van der Waals surface area (Å²) in [7, 11) is -3.64. The molecular formula is C25H27N3O5S. The van der Waals surface area contributed by atoms with Gasteiger partial charge in [0.05, 0.1) is 11.2 Å². The van der Waals surface area contributed by atoms with Crippen LogP contribution in [0.3, 0.4) is 0 Å². The van der Waals surface area contributed by atoms with E-state index < -0.39 is 27.9 Å². The molecule has 178 valence electrons. The summed E-state index contributed by atoms with van der Waals surface area (Å²) in [6.07, 6.45) is 4.34. The molecule has 1 atom stereocenters. The number of amides is 2. The maximum Gasteiger partial charge on any atom is 0.287 e. The summed E-state index contributed by atoms with van der Waals surface area (Å²) in [4.78, 5) is 25.9. The highest BCUT2D eigenvalue weighted by Crippen LogP contribution is 2.23. The summed E-state index contributed by atoms with van der Waals surface area (Å²) in [5.74, 6) is -0.876. The van der Waals surface area contributed by atoms with Gasteiger partial charge in [-0.1, -0.05) is 42.8 Å². The highest BCUT2D eigenvalue weighted by Gasteiger charge is 2.27. The minimum absolute atomic E-state index is 0.0977. The molecule has 1 aromatic heterocycles. The predicted molar refractivity (Wildman–Crippen MR) is 128 cm³/mol. The zero-order valence-electron chi connectivity index (χ0n) is 18.6. The molecule has 2 N–H and O–H groups in total. The van der Waals surface area contributed by atoms with Gasteiger partial charge >= 0.3 is 0 Å². The molecular weight excluding hydrogens is 454 g/mol. The highest BCUT2D eigenvalue weighted by molar-refractivity contribution is 7.89. The lowest BCUT2D eigenvalue weighted by molar-refractivity contribution is -0.118. The number of nitrogens with zero attached hydrogens (tertiary/aromatic N) is 1. The van der Waals surface area contributed by atoms with E-state index in [1.54, 1.807) is 18.2 Å². The lowest BCUT2D eigenvalue weighted by Gasteiger charge is -2.26. The van der Waals surface area contributed by atoms with Crippen molar-refractivity contribution in [3.05, 3.63) is 84.3 Å². The number of sulfonamides is 1. The molecule has 0 saturated carbocycles. The summed E-state index contributed by atoms with van der Waals surface area (Å²) in [5, 5.41) is 5.47. The van der Waals surface area contributed by atoms with Crippen LogP contribution in [0.2, 0.25) is 0 Å². The molecule has 1 saturated heterocycles. The van der Waals surface area contributed by atoms with Crippen molar-refractivity contribution in [1.82, 2.24) is 9.62 Å². The molecule has 2 aromatic carbocycles. The van der Waals surface area contributed by atoms with E-state index in [9.17, 15) is 18.0 Å². The summed E-state index contributed by atoms with van der Waals surface area (Å²) < 4.78 is 32.7. The van der Waals surface area contributed by atoms with E-state index in [1.807, 2.05) is 30.3 Å². The van der Waals surface area contributed by atoms with E-state index in [1.165, 1.54) is 28.8 Å².